The summed E-state index contributed by atoms with van der Waals surface area (Å²) in [6, 6.07) is 7.01. The summed E-state index contributed by atoms with van der Waals surface area (Å²) in [7, 11) is -2.62. The third-order valence-corrected chi connectivity index (χ3v) is 4.61. The minimum atomic E-state index is -4.95. The predicted octanol–water partition coefficient (Wildman–Crippen LogP) is -1.61. The van der Waals surface area contributed by atoms with E-state index in [1.165, 1.54) is 19.2 Å². The standard InChI is InChI=1S/C16H12O7S.Na/c1-22-15-11(24(19,20)21)7-10-12(16(15)23-2)14(18)9-6-4-3-5-8(9)13(10)17;/h3-7H,1-2H3,(H,19,20,21);/q;+1/p-1. The third kappa shape index (κ3) is 3.00. The molecular formula is C16H11NaO7S. The van der Waals surface area contributed by atoms with E-state index in [0.717, 1.165) is 13.2 Å². The fraction of sp³-hybridized carbons (Fsp3) is 0.125. The molecule has 2 aromatic rings. The van der Waals surface area contributed by atoms with Gasteiger partial charge in [-0.05, 0) is 6.07 Å². The largest absolute Gasteiger partial charge is 1.00 e. The van der Waals surface area contributed by atoms with Gasteiger partial charge in [-0.3, -0.25) is 9.59 Å². The van der Waals surface area contributed by atoms with E-state index in [9.17, 15) is 22.6 Å². The summed E-state index contributed by atoms with van der Waals surface area (Å²) < 4.78 is 44.6. The van der Waals surface area contributed by atoms with Gasteiger partial charge in [-0.25, -0.2) is 8.42 Å². The molecule has 0 amide bonds. The van der Waals surface area contributed by atoms with Gasteiger partial charge in [0.25, 0.3) is 0 Å². The van der Waals surface area contributed by atoms with Crippen molar-refractivity contribution in [3.05, 3.63) is 52.6 Å². The third-order valence-electron chi connectivity index (χ3n) is 3.77. The van der Waals surface area contributed by atoms with E-state index in [0.29, 0.717) is 0 Å². The van der Waals surface area contributed by atoms with Gasteiger partial charge >= 0.3 is 29.6 Å². The fourth-order valence-corrected chi connectivity index (χ4v) is 3.42. The SMILES string of the molecule is COc1c(S(=O)(=O)[O-])cc2c(c1OC)C(=O)c1ccccc1C2=O.[Na+]. The molecule has 1 aliphatic carbocycles. The first kappa shape index (κ1) is 19.6. The number of benzene rings is 2. The molecule has 7 nitrogen and oxygen atoms in total. The summed E-state index contributed by atoms with van der Waals surface area (Å²) >= 11 is 0. The second-order valence-electron chi connectivity index (χ2n) is 5.02. The van der Waals surface area contributed by atoms with Crippen molar-refractivity contribution < 1.29 is 61.6 Å². The maximum absolute atomic E-state index is 12.7. The van der Waals surface area contributed by atoms with Gasteiger partial charge < -0.3 is 14.0 Å². The van der Waals surface area contributed by atoms with Crippen molar-refractivity contribution in [2.75, 3.05) is 14.2 Å². The topological polar surface area (TPSA) is 110 Å². The zero-order valence-corrected chi connectivity index (χ0v) is 16.5. The average Bonchev–Trinajstić information content (AvgIpc) is 2.56. The molecule has 0 saturated heterocycles. The molecule has 1 aliphatic rings. The van der Waals surface area contributed by atoms with Crippen LogP contribution >= 0.6 is 0 Å². The van der Waals surface area contributed by atoms with Crippen molar-refractivity contribution in [3.8, 4) is 11.5 Å². The van der Waals surface area contributed by atoms with E-state index in [1.54, 1.807) is 12.1 Å². The monoisotopic (exact) mass is 370 g/mol. The smallest absolute Gasteiger partial charge is 0.744 e. The van der Waals surface area contributed by atoms with Gasteiger partial charge in [0, 0.05) is 16.7 Å². The summed E-state index contributed by atoms with van der Waals surface area (Å²) in [6.45, 7) is 0. The number of ketones is 2. The van der Waals surface area contributed by atoms with Gasteiger partial charge in [0.1, 0.15) is 15.0 Å². The molecule has 3 rings (SSSR count). The number of fused-ring (bicyclic) bond motifs is 2. The second kappa shape index (κ2) is 6.89. The zero-order valence-electron chi connectivity index (χ0n) is 13.7. The Morgan fingerprint density at radius 1 is 0.880 bits per heavy atom. The number of rotatable bonds is 3. The van der Waals surface area contributed by atoms with Crippen LogP contribution in [0.3, 0.4) is 0 Å². The Labute approximate surface area is 166 Å². The Morgan fingerprint density at radius 3 is 1.88 bits per heavy atom. The molecule has 2 aromatic carbocycles. The van der Waals surface area contributed by atoms with E-state index in [-0.39, 0.29) is 57.6 Å². The van der Waals surface area contributed by atoms with Gasteiger partial charge in [-0.1, -0.05) is 24.3 Å². The Bertz CT molecular complexity index is 996. The van der Waals surface area contributed by atoms with E-state index >= 15 is 0 Å². The molecule has 0 aliphatic heterocycles. The molecule has 124 valence electrons. The molecule has 0 atom stereocenters. The quantitative estimate of drug-likeness (QED) is 0.403. The maximum atomic E-state index is 12.7. The summed E-state index contributed by atoms with van der Waals surface area (Å²) in [5.41, 5.74) is -0.0132. The van der Waals surface area contributed by atoms with E-state index in [2.05, 4.69) is 0 Å². The van der Waals surface area contributed by atoms with Crippen LogP contribution in [0.25, 0.3) is 0 Å². The first-order valence-corrected chi connectivity index (χ1v) is 8.15. The summed E-state index contributed by atoms with van der Waals surface area (Å²) in [5.74, 6) is -1.72. The van der Waals surface area contributed by atoms with Gasteiger partial charge in [0.15, 0.2) is 23.1 Å². The Kier molecular flexibility index (Phi) is 5.41. The van der Waals surface area contributed by atoms with Gasteiger partial charge in [0.05, 0.1) is 19.8 Å². The van der Waals surface area contributed by atoms with Crippen LogP contribution in [-0.4, -0.2) is 38.8 Å². The Morgan fingerprint density at radius 2 is 1.40 bits per heavy atom. The molecule has 0 fully saturated rings. The molecule has 0 aromatic heterocycles. The van der Waals surface area contributed by atoms with Crippen LogP contribution in [0.15, 0.2) is 35.2 Å². The molecule has 0 N–H and O–H groups in total. The molecule has 0 radical (unpaired) electrons. The molecule has 0 spiro atoms. The van der Waals surface area contributed by atoms with Crippen molar-refractivity contribution in [1.82, 2.24) is 0 Å². The first-order chi connectivity index (χ1) is 11.3. The molecule has 0 heterocycles. The van der Waals surface area contributed by atoms with Gasteiger partial charge in [-0.15, -0.1) is 0 Å². The maximum Gasteiger partial charge on any atom is 1.00 e. The van der Waals surface area contributed by atoms with Crippen LogP contribution < -0.4 is 39.0 Å². The van der Waals surface area contributed by atoms with Gasteiger partial charge in [0.2, 0.25) is 0 Å². The molecule has 0 saturated carbocycles. The van der Waals surface area contributed by atoms with Crippen LogP contribution in [0.2, 0.25) is 0 Å². The predicted molar refractivity (Wildman–Crippen MR) is 80.8 cm³/mol. The first-order valence-electron chi connectivity index (χ1n) is 6.74. The van der Waals surface area contributed by atoms with Crippen LogP contribution in [0, 0.1) is 0 Å². The van der Waals surface area contributed by atoms with Crippen molar-refractivity contribution >= 4 is 21.7 Å². The normalized spacial score (nSPS) is 12.8. The van der Waals surface area contributed by atoms with Crippen molar-refractivity contribution in [3.63, 3.8) is 0 Å². The fourth-order valence-electron chi connectivity index (χ4n) is 2.75. The minimum absolute atomic E-state index is 0. The molecular weight excluding hydrogens is 359 g/mol. The van der Waals surface area contributed by atoms with E-state index in [4.69, 9.17) is 9.47 Å². The number of ether oxygens (including phenoxy) is 2. The number of hydrogen-bond donors (Lipinski definition) is 0. The number of carbonyl (C=O) groups is 2. The Hall–Kier alpha value is -1.71. The van der Waals surface area contributed by atoms with Crippen molar-refractivity contribution in [1.29, 1.82) is 0 Å². The number of carbonyl (C=O) groups excluding carboxylic acids is 2. The Balaban J connectivity index is 0.00000225. The summed E-state index contributed by atoms with van der Waals surface area (Å²) in [4.78, 5) is 24.7. The van der Waals surface area contributed by atoms with Crippen molar-refractivity contribution in [2.45, 2.75) is 4.90 Å². The molecule has 25 heavy (non-hydrogen) atoms. The summed E-state index contributed by atoms with van der Waals surface area (Å²) in [5, 5.41) is 0. The van der Waals surface area contributed by atoms with E-state index < -0.39 is 32.3 Å². The van der Waals surface area contributed by atoms with Crippen LogP contribution in [0.4, 0.5) is 0 Å². The second-order valence-corrected chi connectivity index (χ2v) is 6.37. The minimum Gasteiger partial charge on any atom is -0.744 e. The number of methoxy groups -OCH3 is 2. The van der Waals surface area contributed by atoms with Crippen LogP contribution in [0.1, 0.15) is 31.8 Å². The zero-order chi connectivity index (χ0) is 17.6. The molecule has 0 bridgehead atoms. The van der Waals surface area contributed by atoms with Crippen molar-refractivity contribution in [2.24, 2.45) is 0 Å². The summed E-state index contributed by atoms with van der Waals surface area (Å²) in [6.07, 6.45) is 0. The van der Waals surface area contributed by atoms with E-state index in [1.807, 2.05) is 0 Å². The number of hydrogen-bond acceptors (Lipinski definition) is 7. The van der Waals surface area contributed by atoms with Gasteiger partial charge in [-0.2, -0.15) is 0 Å². The van der Waals surface area contributed by atoms with Crippen LogP contribution in [-0.2, 0) is 10.1 Å². The molecule has 0 unspecified atom stereocenters. The van der Waals surface area contributed by atoms with Crippen LogP contribution in [0.5, 0.6) is 11.5 Å². The molecule has 9 heteroatoms. The average molecular weight is 370 g/mol.